The number of anilines is 1. The maximum atomic E-state index is 11.5. The number of carbonyl (C=O) groups is 1. The van der Waals surface area contributed by atoms with E-state index in [9.17, 15) is 14.7 Å². The third-order valence-corrected chi connectivity index (χ3v) is 11.4. The molecule has 0 amide bonds. The van der Waals surface area contributed by atoms with E-state index >= 15 is 0 Å². The molecule has 0 bridgehead atoms. The Kier molecular flexibility index (Phi) is 11.1. The van der Waals surface area contributed by atoms with Crippen LogP contribution in [0.25, 0.3) is 39.9 Å². The number of hydrogen-bond acceptors (Lipinski definition) is 13. The van der Waals surface area contributed by atoms with Crippen molar-refractivity contribution < 1.29 is 19.4 Å². The van der Waals surface area contributed by atoms with Crippen molar-refractivity contribution in [3.8, 4) is 28.4 Å². The number of ether oxygens (including phenoxy) is 2. The van der Waals surface area contributed by atoms with Gasteiger partial charge in [0.15, 0.2) is 23.1 Å². The van der Waals surface area contributed by atoms with Crippen LogP contribution in [-0.4, -0.2) is 125 Å². The number of aromatic hydroxyl groups is 1. The number of imidazole rings is 1. The van der Waals surface area contributed by atoms with Crippen LogP contribution in [-0.2, 0) is 22.6 Å². The van der Waals surface area contributed by atoms with Gasteiger partial charge in [-0.2, -0.15) is 19.2 Å². The molecule has 0 radical (unpaired) electrons. The predicted octanol–water partition coefficient (Wildman–Crippen LogP) is 3.18. The lowest BCUT2D eigenvalue weighted by molar-refractivity contribution is 0.0341. The van der Waals surface area contributed by atoms with Crippen molar-refractivity contribution in [3.63, 3.8) is 0 Å². The first-order chi connectivity index (χ1) is 30.4. The summed E-state index contributed by atoms with van der Waals surface area (Å²) in [7, 11) is 0. The Hall–Kier alpha value is -6.53. The molecule has 17 heteroatoms. The number of carbonyl (C=O) groups excluding carboxylic acids is 1. The van der Waals surface area contributed by atoms with E-state index < -0.39 is 5.69 Å². The second-order valence-corrected chi connectivity index (χ2v) is 16.3. The highest BCUT2D eigenvalue weighted by atomic mass is 16.5. The van der Waals surface area contributed by atoms with Crippen molar-refractivity contribution in [1.29, 1.82) is 0 Å². The number of rotatable bonds is 11. The minimum Gasteiger partial charge on any atom is -0.493 e. The van der Waals surface area contributed by atoms with Crippen LogP contribution in [0.1, 0.15) is 52.9 Å². The number of benzene rings is 2. The molecule has 318 valence electrons. The van der Waals surface area contributed by atoms with Crippen molar-refractivity contribution in [2.75, 3.05) is 57.9 Å². The normalized spacial score (nSPS) is 18.0. The van der Waals surface area contributed by atoms with Crippen LogP contribution < -0.4 is 21.7 Å². The molecule has 4 N–H and O–H groups in total. The molecule has 2 saturated carbocycles. The van der Waals surface area contributed by atoms with Crippen LogP contribution in [0.2, 0.25) is 0 Å². The smallest absolute Gasteiger partial charge is 0.326 e. The van der Waals surface area contributed by atoms with E-state index in [2.05, 4.69) is 83.8 Å². The molecule has 2 aromatic carbocycles. The van der Waals surface area contributed by atoms with Gasteiger partial charge < -0.3 is 24.9 Å². The maximum absolute atomic E-state index is 11.5. The number of H-pyrrole nitrogens is 2. The Bertz CT molecular complexity index is 2920. The molecular weight excluding hydrogens is 789 g/mol. The van der Waals surface area contributed by atoms with Gasteiger partial charge in [0.05, 0.1) is 61.8 Å². The Morgan fingerprint density at radius 2 is 1.40 bits per heavy atom. The highest BCUT2D eigenvalue weighted by molar-refractivity contribution is 5.85. The lowest BCUT2D eigenvalue weighted by Crippen LogP contribution is -2.35. The van der Waals surface area contributed by atoms with E-state index in [0.29, 0.717) is 34.2 Å². The summed E-state index contributed by atoms with van der Waals surface area (Å²) in [4.78, 5) is 47.2. The van der Waals surface area contributed by atoms with Gasteiger partial charge in [-0.1, -0.05) is 36.4 Å². The highest BCUT2D eigenvalue weighted by Gasteiger charge is 2.24. The molecule has 62 heavy (non-hydrogen) atoms. The summed E-state index contributed by atoms with van der Waals surface area (Å²) < 4.78 is 14.3. The average Bonchev–Trinajstić information content (AvgIpc) is 4.19. The summed E-state index contributed by atoms with van der Waals surface area (Å²) in [5.41, 5.74) is 8.43. The molecule has 2 saturated heterocycles. The SMILES string of the molecule is O=Cc1cnn2c(NC3CC3)cc(-c3cccc(CN4CCOCC4)c3)nc12.O=c1[nH]c(O)c(C=c2cnn3c(=NC4CC4)cc(-c4cccc(CN5CCOCC5)c4)nc23)[nH]1. The second-order valence-electron chi connectivity index (χ2n) is 16.3. The van der Waals surface area contributed by atoms with Gasteiger partial charge in [0.1, 0.15) is 11.5 Å². The van der Waals surface area contributed by atoms with E-state index in [1.807, 2.05) is 12.1 Å². The zero-order chi connectivity index (χ0) is 42.0. The van der Waals surface area contributed by atoms with Gasteiger partial charge >= 0.3 is 5.69 Å². The fraction of sp³-hybridized carbons (Fsp3) is 0.356. The standard InChI is InChI=1S/C24H25N7O3.C21H23N5O2/c32-23-20(28-24(33)29-23)11-17-13-25-31-21(26-18-4-5-18)12-19(27-22(17)31)16-3-1-2-15(10-16)14-30-6-8-34-9-7-30;27-14-17-12-22-26-20(23-18-4-5-18)11-19(24-21(17)26)16-3-1-2-15(10-16)13-25-6-8-28-9-7-25/h1-3,10-13,18,32H,4-9,14H2,(H2,28,29,33);1-3,10-12,14,18,23H,4-9,13H2. The van der Waals surface area contributed by atoms with E-state index in [0.717, 1.165) is 131 Å². The van der Waals surface area contributed by atoms with Gasteiger partial charge in [-0.25, -0.2) is 14.8 Å². The minimum absolute atomic E-state index is 0.223. The molecule has 7 heterocycles. The van der Waals surface area contributed by atoms with E-state index in [4.69, 9.17) is 24.4 Å². The molecule has 2 aliphatic heterocycles. The Balaban J connectivity index is 0.000000151. The van der Waals surface area contributed by atoms with Gasteiger partial charge in [-0.3, -0.25) is 24.6 Å². The maximum Gasteiger partial charge on any atom is 0.326 e. The van der Waals surface area contributed by atoms with Crippen LogP contribution >= 0.6 is 0 Å². The Morgan fingerprint density at radius 3 is 2.00 bits per heavy atom. The predicted molar refractivity (Wildman–Crippen MR) is 232 cm³/mol. The second kappa shape index (κ2) is 17.4. The van der Waals surface area contributed by atoms with Crippen molar-refractivity contribution in [2.24, 2.45) is 4.99 Å². The third-order valence-electron chi connectivity index (χ3n) is 11.4. The molecule has 2 aliphatic carbocycles. The highest BCUT2D eigenvalue weighted by Crippen LogP contribution is 2.29. The number of fused-ring (bicyclic) bond motifs is 2. The van der Waals surface area contributed by atoms with Crippen molar-refractivity contribution in [2.45, 2.75) is 50.9 Å². The van der Waals surface area contributed by atoms with Crippen LogP contribution in [0.3, 0.4) is 0 Å². The lowest BCUT2D eigenvalue weighted by atomic mass is 10.1. The lowest BCUT2D eigenvalue weighted by Gasteiger charge is -2.26. The molecule has 0 spiro atoms. The van der Waals surface area contributed by atoms with Gasteiger partial charge in [-0.05, 0) is 55.0 Å². The first-order valence-electron chi connectivity index (χ1n) is 21.3. The number of aldehydes is 1. The fourth-order valence-electron chi connectivity index (χ4n) is 7.79. The van der Waals surface area contributed by atoms with Crippen molar-refractivity contribution >= 4 is 29.5 Å². The summed E-state index contributed by atoms with van der Waals surface area (Å²) in [5.74, 6) is 0.661. The zero-order valence-electron chi connectivity index (χ0n) is 34.2. The number of aromatic amines is 2. The quantitative estimate of drug-likeness (QED) is 0.139. The third kappa shape index (κ3) is 9.06. The van der Waals surface area contributed by atoms with Crippen LogP contribution in [0, 0.1) is 0 Å². The van der Waals surface area contributed by atoms with Crippen LogP contribution in [0.4, 0.5) is 5.82 Å². The van der Waals surface area contributed by atoms with Crippen LogP contribution in [0.5, 0.6) is 5.88 Å². The topological polar surface area (TPSA) is 196 Å². The monoisotopic (exact) mass is 836 g/mol. The molecule has 0 atom stereocenters. The molecule has 5 aromatic heterocycles. The molecule has 4 fully saturated rings. The summed E-state index contributed by atoms with van der Waals surface area (Å²) in [6, 6.07) is 21.7. The molecule has 7 aromatic rings. The Labute approximate surface area is 355 Å². The zero-order valence-corrected chi connectivity index (χ0v) is 34.2. The van der Waals surface area contributed by atoms with E-state index in [1.165, 1.54) is 11.1 Å². The number of aromatic nitrogens is 8. The first-order valence-corrected chi connectivity index (χ1v) is 21.3. The fourth-order valence-corrected chi connectivity index (χ4v) is 7.79. The van der Waals surface area contributed by atoms with Gasteiger partial charge in [0, 0.05) is 73.8 Å². The summed E-state index contributed by atoms with van der Waals surface area (Å²) in [6.07, 6.45) is 10.2. The van der Waals surface area contributed by atoms with Gasteiger partial charge in [0.25, 0.3) is 0 Å². The van der Waals surface area contributed by atoms with Gasteiger partial charge in [-0.15, -0.1) is 0 Å². The Morgan fingerprint density at radius 1 is 0.774 bits per heavy atom. The average molecular weight is 837 g/mol. The molecule has 11 rings (SSSR count). The van der Waals surface area contributed by atoms with E-state index in [-0.39, 0.29) is 11.6 Å². The number of morpholine rings is 2. The van der Waals surface area contributed by atoms with Crippen LogP contribution in [0.15, 0.2) is 82.8 Å². The molecule has 4 aliphatic rings. The van der Waals surface area contributed by atoms with Gasteiger partial charge in [0.2, 0.25) is 5.88 Å². The molecule has 0 unspecified atom stereocenters. The molecule has 17 nitrogen and oxygen atoms in total. The first kappa shape index (κ1) is 39.6. The summed E-state index contributed by atoms with van der Waals surface area (Å²) in [5, 5.41) is 23.0. The number of nitrogens with one attached hydrogen (secondary N) is 3. The number of hydrogen-bond donors (Lipinski definition) is 4. The molecular formula is C45H48N12O5. The minimum atomic E-state index is -0.477. The van der Waals surface area contributed by atoms with Crippen molar-refractivity contribution in [1.82, 2.24) is 49.0 Å². The van der Waals surface area contributed by atoms with E-state index in [1.54, 1.807) is 27.5 Å². The largest absolute Gasteiger partial charge is 0.493 e. The summed E-state index contributed by atoms with van der Waals surface area (Å²) in [6.45, 7) is 8.69. The summed E-state index contributed by atoms with van der Waals surface area (Å²) >= 11 is 0. The number of nitrogens with zero attached hydrogens (tertiary/aromatic N) is 9. The van der Waals surface area contributed by atoms with Crippen molar-refractivity contribution in [3.05, 3.63) is 117 Å².